The van der Waals surface area contributed by atoms with Crippen molar-refractivity contribution >= 4 is 10.9 Å². The number of aromatic hydroxyl groups is 1. The van der Waals surface area contributed by atoms with Gasteiger partial charge in [-0.3, -0.25) is 0 Å². The summed E-state index contributed by atoms with van der Waals surface area (Å²) >= 11 is 0. The molecule has 0 saturated heterocycles. The van der Waals surface area contributed by atoms with E-state index in [0.29, 0.717) is 0 Å². The summed E-state index contributed by atoms with van der Waals surface area (Å²) in [5.41, 5.74) is 3.43. The molecule has 0 saturated carbocycles. The SMILES string of the molecule is Cc1nc(C)c2cc(-c3ccc(F)c(O)c3)ccc2n1. The molecule has 4 heteroatoms. The molecule has 0 amide bonds. The van der Waals surface area contributed by atoms with Gasteiger partial charge < -0.3 is 5.11 Å². The average Bonchev–Trinajstić information content (AvgIpc) is 2.41. The van der Waals surface area contributed by atoms with Gasteiger partial charge in [0.15, 0.2) is 11.6 Å². The molecule has 1 aromatic heterocycles. The van der Waals surface area contributed by atoms with Gasteiger partial charge in [-0.25, -0.2) is 14.4 Å². The van der Waals surface area contributed by atoms with Crippen LogP contribution < -0.4 is 0 Å². The van der Waals surface area contributed by atoms with Gasteiger partial charge in [-0.2, -0.15) is 0 Å². The van der Waals surface area contributed by atoms with Gasteiger partial charge in [-0.05, 0) is 49.2 Å². The molecule has 2 aromatic carbocycles. The van der Waals surface area contributed by atoms with Crippen molar-refractivity contribution in [2.45, 2.75) is 13.8 Å². The van der Waals surface area contributed by atoms with E-state index >= 15 is 0 Å². The van der Waals surface area contributed by atoms with Crippen LogP contribution in [-0.2, 0) is 0 Å². The molecule has 3 nitrogen and oxygen atoms in total. The lowest BCUT2D eigenvalue weighted by Crippen LogP contribution is -1.93. The highest BCUT2D eigenvalue weighted by atomic mass is 19.1. The molecule has 0 spiro atoms. The van der Waals surface area contributed by atoms with Crippen molar-refractivity contribution in [3.05, 3.63) is 53.7 Å². The van der Waals surface area contributed by atoms with Crippen LogP contribution >= 0.6 is 0 Å². The molecule has 0 radical (unpaired) electrons. The first-order chi connectivity index (χ1) is 9.54. The molecule has 0 aliphatic carbocycles. The van der Waals surface area contributed by atoms with Gasteiger partial charge in [0.05, 0.1) is 5.52 Å². The first-order valence-corrected chi connectivity index (χ1v) is 6.28. The van der Waals surface area contributed by atoms with Crippen LogP contribution in [0.5, 0.6) is 5.75 Å². The minimum absolute atomic E-state index is 0.348. The zero-order chi connectivity index (χ0) is 14.3. The molecule has 0 aliphatic rings. The Balaban J connectivity index is 2.20. The first kappa shape index (κ1) is 12.5. The molecule has 100 valence electrons. The van der Waals surface area contributed by atoms with Gasteiger partial charge in [-0.15, -0.1) is 0 Å². The van der Waals surface area contributed by atoms with E-state index < -0.39 is 5.82 Å². The van der Waals surface area contributed by atoms with Gasteiger partial charge >= 0.3 is 0 Å². The zero-order valence-electron chi connectivity index (χ0n) is 11.2. The Morgan fingerprint density at radius 3 is 2.40 bits per heavy atom. The lowest BCUT2D eigenvalue weighted by Gasteiger charge is -2.07. The number of aryl methyl sites for hydroxylation is 2. The number of hydrogen-bond acceptors (Lipinski definition) is 3. The molecule has 0 aliphatic heterocycles. The van der Waals surface area contributed by atoms with E-state index in [1.807, 2.05) is 32.0 Å². The number of phenols is 1. The number of halogens is 1. The third-order valence-corrected chi connectivity index (χ3v) is 3.28. The summed E-state index contributed by atoms with van der Waals surface area (Å²) in [7, 11) is 0. The second-order valence-electron chi connectivity index (χ2n) is 4.75. The summed E-state index contributed by atoms with van der Waals surface area (Å²) in [5.74, 6) is -0.230. The summed E-state index contributed by atoms with van der Waals surface area (Å²) in [5, 5.41) is 10.4. The fraction of sp³-hybridized carbons (Fsp3) is 0.125. The van der Waals surface area contributed by atoms with Gasteiger partial charge in [0.25, 0.3) is 0 Å². The van der Waals surface area contributed by atoms with Crippen LogP contribution in [0.25, 0.3) is 22.0 Å². The van der Waals surface area contributed by atoms with Gasteiger partial charge in [0, 0.05) is 11.1 Å². The zero-order valence-corrected chi connectivity index (χ0v) is 11.2. The number of fused-ring (bicyclic) bond motifs is 1. The predicted octanol–water partition coefficient (Wildman–Crippen LogP) is 3.76. The lowest BCUT2D eigenvalue weighted by molar-refractivity contribution is 0.433. The van der Waals surface area contributed by atoms with Crippen molar-refractivity contribution in [2.24, 2.45) is 0 Å². The van der Waals surface area contributed by atoms with Crippen LogP contribution in [0.15, 0.2) is 36.4 Å². The fourth-order valence-electron chi connectivity index (χ4n) is 2.30. The molecule has 1 heterocycles. The Morgan fingerprint density at radius 1 is 0.950 bits per heavy atom. The predicted molar refractivity (Wildman–Crippen MR) is 76.1 cm³/mol. The third-order valence-electron chi connectivity index (χ3n) is 3.28. The monoisotopic (exact) mass is 268 g/mol. The van der Waals surface area contributed by atoms with Crippen molar-refractivity contribution in [1.29, 1.82) is 0 Å². The van der Waals surface area contributed by atoms with Crippen molar-refractivity contribution in [1.82, 2.24) is 9.97 Å². The maximum atomic E-state index is 13.1. The minimum atomic E-state index is -0.621. The summed E-state index contributed by atoms with van der Waals surface area (Å²) in [6.07, 6.45) is 0. The molecule has 3 rings (SSSR count). The van der Waals surface area contributed by atoms with Gasteiger partial charge in [0.1, 0.15) is 5.82 Å². The van der Waals surface area contributed by atoms with Crippen molar-refractivity contribution in [3.8, 4) is 16.9 Å². The van der Waals surface area contributed by atoms with Crippen molar-refractivity contribution < 1.29 is 9.50 Å². The Kier molecular flexibility index (Phi) is 2.86. The summed E-state index contributed by atoms with van der Waals surface area (Å²) in [4.78, 5) is 8.73. The fourth-order valence-corrected chi connectivity index (χ4v) is 2.30. The van der Waals surface area contributed by atoms with E-state index in [0.717, 1.165) is 33.5 Å². The highest BCUT2D eigenvalue weighted by Gasteiger charge is 2.07. The Labute approximate surface area is 115 Å². The first-order valence-electron chi connectivity index (χ1n) is 6.28. The van der Waals surface area contributed by atoms with E-state index in [1.54, 1.807) is 6.07 Å². The summed E-state index contributed by atoms with van der Waals surface area (Å²) < 4.78 is 13.1. The molecule has 1 N–H and O–H groups in total. The molecule has 0 fully saturated rings. The number of benzene rings is 2. The van der Waals surface area contributed by atoms with E-state index in [-0.39, 0.29) is 5.75 Å². The highest BCUT2D eigenvalue weighted by Crippen LogP contribution is 2.28. The Morgan fingerprint density at radius 2 is 1.65 bits per heavy atom. The van der Waals surface area contributed by atoms with Crippen LogP contribution in [0.3, 0.4) is 0 Å². The van der Waals surface area contributed by atoms with Crippen LogP contribution in [0.4, 0.5) is 4.39 Å². The molecule has 0 bridgehead atoms. The van der Waals surface area contributed by atoms with Gasteiger partial charge in [0.2, 0.25) is 0 Å². The largest absolute Gasteiger partial charge is 0.505 e. The van der Waals surface area contributed by atoms with E-state index in [9.17, 15) is 9.50 Å². The Hall–Kier alpha value is -2.49. The third kappa shape index (κ3) is 2.09. The van der Waals surface area contributed by atoms with E-state index in [1.165, 1.54) is 12.1 Å². The lowest BCUT2D eigenvalue weighted by atomic mass is 10.0. The quantitative estimate of drug-likeness (QED) is 0.731. The van der Waals surface area contributed by atoms with Crippen LogP contribution in [0.2, 0.25) is 0 Å². The number of hydrogen-bond donors (Lipinski definition) is 1. The molecular weight excluding hydrogens is 255 g/mol. The topological polar surface area (TPSA) is 46.0 Å². The standard InChI is InChI=1S/C16H13FN2O/c1-9-13-7-11(4-6-15(13)19-10(2)18-9)12-3-5-14(17)16(20)8-12/h3-8,20H,1-2H3. The molecule has 0 atom stereocenters. The minimum Gasteiger partial charge on any atom is -0.505 e. The smallest absolute Gasteiger partial charge is 0.164 e. The van der Waals surface area contributed by atoms with Crippen molar-refractivity contribution in [2.75, 3.05) is 0 Å². The van der Waals surface area contributed by atoms with Crippen molar-refractivity contribution in [3.63, 3.8) is 0 Å². The normalized spacial score (nSPS) is 10.9. The highest BCUT2D eigenvalue weighted by molar-refractivity contribution is 5.86. The van der Waals surface area contributed by atoms with Crippen LogP contribution in [0, 0.1) is 19.7 Å². The van der Waals surface area contributed by atoms with Crippen LogP contribution in [0.1, 0.15) is 11.5 Å². The maximum Gasteiger partial charge on any atom is 0.164 e. The number of nitrogens with zero attached hydrogens (tertiary/aromatic N) is 2. The van der Waals surface area contributed by atoms with E-state index in [2.05, 4.69) is 9.97 Å². The van der Waals surface area contributed by atoms with Gasteiger partial charge in [-0.1, -0.05) is 12.1 Å². The molecule has 0 unspecified atom stereocenters. The maximum absolute atomic E-state index is 13.1. The molecular formula is C16H13FN2O. The average molecular weight is 268 g/mol. The van der Waals surface area contributed by atoms with E-state index in [4.69, 9.17) is 0 Å². The molecule has 3 aromatic rings. The Bertz CT molecular complexity index is 815. The van der Waals surface area contributed by atoms with Crippen LogP contribution in [-0.4, -0.2) is 15.1 Å². The second kappa shape index (κ2) is 4.56. The molecule has 20 heavy (non-hydrogen) atoms. The number of rotatable bonds is 1. The number of aromatic nitrogens is 2. The summed E-state index contributed by atoms with van der Waals surface area (Å²) in [6, 6.07) is 10.1. The summed E-state index contributed by atoms with van der Waals surface area (Å²) in [6.45, 7) is 3.79. The second-order valence-corrected chi connectivity index (χ2v) is 4.75. The number of phenolic OH excluding ortho intramolecular Hbond substituents is 1.